The molecule has 2 N–H and O–H groups in total. The van der Waals surface area contributed by atoms with Gasteiger partial charge in [-0.3, -0.25) is 4.79 Å². The molecular formula is C17H24N2O2. The Hall–Kier alpha value is -1.55. The zero-order valence-electron chi connectivity index (χ0n) is 12.6. The third-order valence-electron chi connectivity index (χ3n) is 4.44. The van der Waals surface area contributed by atoms with Crippen molar-refractivity contribution in [1.82, 2.24) is 0 Å². The maximum atomic E-state index is 11.8. The van der Waals surface area contributed by atoms with Gasteiger partial charge in [0.05, 0.1) is 12.1 Å². The summed E-state index contributed by atoms with van der Waals surface area (Å²) < 4.78 is 5.58. The van der Waals surface area contributed by atoms with E-state index in [1.54, 1.807) is 7.11 Å². The van der Waals surface area contributed by atoms with Crippen LogP contribution in [0.25, 0.3) is 0 Å². The highest BCUT2D eigenvalue weighted by Gasteiger charge is 2.29. The van der Waals surface area contributed by atoms with Crippen LogP contribution in [-0.2, 0) is 9.53 Å². The van der Waals surface area contributed by atoms with Crippen molar-refractivity contribution in [3.05, 3.63) is 24.3 Å². The Morgan fingerprint density at radius 3 is 2.67 bits per heavy atom. The van der Waals surface area contributed by atoms with Crippen LogP contribution in [0.5, 0.6) is 0 Å². The first-order valence-electron chi connectivity index (χ1n) is 7.96. The molecule has 2 aliphatic carbocycles. The molecule has 2 unspecified atom stereocenters. The van der Waals surface area contributed by atoms with E-state index in [1.165, 1.54) is 12.8 Å². The second kappa shape index (κ2) is 6.48. The van der Waals surface area contributed by atoms with Gasteiger partial charge in [-0.1, -0.05) is 18.9 Å². The van der Waals surface area contributed by atoms with Gasteiger partial charge >= 0.3 is 0 Å². The lowest BCUT2D eigenvalue weighted by molar-refractivity contribution is -0.117. The van der Waals surface area contributed by atoms with Crippen molar-refractivity contribution in [3.8, 4) is 0 Å². The summed E-state index contributed by atoms with van der Waals surface area (Å²) in [4.78, 5) is 11.8. The highest BCUT2D eigenvalue weighted by Crippen LogP contribution is 2.31. The third kappa shape index (κ3) is 3.76. The van der Waals surface area contributed by atoms with Crippen molar-refractivity contribution in [3.63, 3.8) is 0 Å². The molecule has 4 heteroatoms. The van der Waals surface area contributed by atoms with Crippen LogP contribution in [0.2, 0.25) is 0 Å². The number of amides is 1. The molecule has 21 heavy (non-hydrogen) atoms. The number of carbonyl (C=O) groups excluding carboxylic acids is 1. The van der Waals surface area contributed by atoms with Crippen LogP contribution in [0.15, 0.2) is 24.3 Å². The summed E-state index contributed by atoms with van der Waals surface area (Å²) in [5, 5.41) is 6.56. The number of nitrogens with one attached hydrogen (secondary N) is 2. The first kappa shape index (κ1) is 14.4. The quantitative estimate of drug-likeness (QED) is 0.873. The van der Waals surface area contributed by atoms with Gasteiger partial charge in [-0.05, 0) is 43.9 Å². The molecule has 0 spiro atoms. The number of methoxy groups -OCH3 is 1. The van der Waals surface area contributed by atoms with Gasteiger partial charge in [0.1, 0.15) is 0 Å². The van der Waals surface area contributed by atoms with Crippen molar-refractivity contribution in [2.24, 2.45) is 5.92 Å². The third-order valence-corrected chi connectivity index (χ3v) is 4.44. The summed E-state index contributed by atoms with van der Waals surface area (Å²) in [5.41, 5.74) is 1.93. The van der Waals surface area contributed by atoms with E-state index in [0.29, 0.717) is 6.04 Å². The zero-order valence-corrected chi connectivity index (χ0v) is 12.6. The molecule has 1 amide bonds. The summed E-state index contributed by atoms with van der Waals surface area (Å²) in [6, 6.07) is 8.35. The Balaban J connectivity index is 1.63. The van der Waals surface area contributed by atoms with Crippen LogP contribution in [0, 0.1) is 5.92 Å². The monoisotopic (exact) mass is 288 g/mol. The number of anilines is 2. The molecule has 2 fully saturated rings. The SMILES string of the molecule is COC1CCCCC1Nc1cccc(NC(=O)C2CC2)c1. The molecule has 0 saturated heterocycles. The minimum absolute atomic E-state index is 0.152. The second-order valence-corrected chi connectivity index (χ2v) is 6.15. The van der Waals surface area contributed by atoms with E-state index in [9.17, 15) is 4.79 Å². The lowest BCUT2D eigenvalue weighted by atomic mass is 9.92. The summed E-state index contributed by atoms with van der Waals surface area (Å²) in [6.45, 7) is 0. The van der Waals surface area contributed by atoms with Gasteiger partial charge in [-0.25, -0.2) is 0 Å². The Kier molecular flexibility index (Phi) is 4.44. The minimum atomic E-state index is 0.152. The van der Waals surface area contributed by atoms with Crippen molar-refractivity contribution in [1.29, 1.82) is 0 Å². The Labute approximate surface area is 126 Å². The van der Waals surface area contributed by atoms with Crippen LogP contribution in [0.4, 0.5) is 11.4 Å². The first-order valence-corrected chi connectivity index (χ1v) is 7.96. The maximum Gasteiger partial charge on any atom is 0.227 e. The predicted octanol–water partition coefficient (Wildman–Crippen LogP) is 3.40. The number of ether oxygens (including phenoxy) is 1. The molecule has 0 heterocycles. The fourth-order valence-corrected chi connectivity index (χ4v) is 3.03. The summed E-state index contributed by atoms with van der Waals surface area (Å²) in [6.07, 6.45) is 7.08. The zero-order chi connectivity index (χ0) is 14.7. The minimum Gasteiger partial charge on any atom is -0.380 e. The molecule has 1 aromatic carbocycles. The standard InChI is InChI=1S/C17H24N2O2/c1-21-16-8-3-2-7-15(16)18-13-5-4-6-14(11-13)19-17(20)12-9-10-12/h4-6,11-12,15-16,18H,2-3,7-10H2,1H3,(H,19,20). The summed E-state index contributed by atoms with van der Waals surface area (Å²) >= 11 is 0. The van der Waals surface area contributed by atoms with E-state index >= 15 is 0 Å². The van der Waals surface area contributed by atoms with E-state index in [0.717, 1.165) is 37.1 Å². The van der Waals surface area contributed by atoms with Gasteiger partial charge in [0.25, 0.3) is 0 Å². The first-order chi connectivity index (χ1) is 10.3. The Bertz CT molecular complexity index is 499. The van der Waals surface area contributed by atoms with Crippen molar-refractivity contribution in [2.75, 3.05) is 17.7 Å². The Morgan fingerprint density at radius 2 is 1.90 bits per heavy atom. The normalized spacial score (nSPS) is 25.4. The highest BCUT2D eigenvalue weighted by atomic mass is 16.5. The van der Waals surface area contributed by atoms with Gasteiger partial charge in [0.15, 0.2) is 0 Å². The van der Waals surface area contributed by atoms with E-state index in [-0.39, 0.29) is 17.9 Å². The molecule has 0 radical (unpaired) electrons. The van der Waals surface area contributed by atoms with Crippen LogP contribution in [0.1, 0.15) is 38.5 Å². The molecule has 1 aromatic rings. The largest absolute Gasteiger partial charge is 0.380 e. The number of hydrogen-bond donors (Lipinski definition) is 2. The summed E-state index contributed by atoms with van der Waals surface area (Å²) in [5.74, 6) is 0.386. The van der Waals surface area contributed by atoms with Crippen molar-refractivity contribution in [2.45, 2.75) is 50.7 Å². The molecular weight excluding hydrogens is 264 g/mol. The molecule has 0 aliphatic heterocycles. The number of carbonyl (C=O) groups is 1. The second-order valence-electron chi connectivity index (χ2n) is 6.15. The summed E-state index contributed by atoms with van der Waals surface area (Å²) in [7, 11) is 1.79. The van der Waals surface area contributed by atoms with Crippen LogP contribution < -0.4 is 10.6 Å². The number of benzene rings is 1. The van der Waals surface area contributed by atoms with Crippen molar-refractivity contribution < 1.29 is 9.53 Å². The van der Waals surface area contributed by atoms with Crippen LogP contribution >= 0.6 is 0 Å². The maximum absolute atomic E-state index is 11.8. The molecule has 0 aromatic heterocycles. The predicted molar refractivity (Wildman–Crippen MR) is 84.5 cm³/mol. The molecule has 2 saturated carbocycles. The van der Waals surface area contributed by atoms with Gasteiger partial charge < -0.3 is 15.4 Å². The number of rotatable bonds is 5. The van der Waals surface area contributed by atoms with Gasteiger partial charge in [-0.15, -0.1) is 0 Å². The van der Waals surface area contributed by atoms with E-state index in [1.807, 2.05) is 24.3 Å². The highest BCUT2D eigenvalue weighted by molar-refractivity contribution is 5.94. The molecule has 114 valence electrons. The van der Waals surface area contributed by atoms with Gasteiger partial charge in [0, 0.05) is 24.4 Å². The van der Waals surface area contributed by atoms with Gasteiger partial charge in [-0.2, -0.15) is 0 Å². The molecule has 3 rings (SSSR count). The number of hydrogen-bond acceptors (Lipinski definition) is 3. The van der Waals surface area contributed by atoms with Crippen molar-refractivity contribution >= 4 is 17.3 Å². The van der Waals surface area contributed by atoms with E-state index in [4.69, 9.17) is 4.74 Å². The van der Waals surface area contributed by atoms with E-state index < -0.39 is 0 Å². The Morgan fingerprint density at radius 1 is 1.14 bits per heavy atom. The molecule has 2 aliphatic rings. The average Bonchev–Trinajstić information content (AvgIpc) is 3.33. The van der Waals surface area contributed by atoms with Crippen LogP contribution in [0.3, 0.4) is 0 Å². The van der Waals surface area contributed by atoms with Crippen LogP contribution in [-0.4, -0.2) is 25.2 Å². The molecule has 2 atom stereocenters. The fraction of sp³-hybridized carbons (Fsp3) is 0.588. The topological polar surface area (TPSA) is 50.4 Å². The van der Waals surface area contributed by atoms with Gasteiger partial charge in [0.2, 0.25) is 5.91 Å². The molecule has 0 bridgehead atoms. The molecule has 4 nitrogen and oxygen atoms in total. The average molecular weight is 288 g/mol. The lowest BCUT2D eigenvalue weighted by Gasteiger charge is -2.31. The lowest BCUT2D eigenvalue weighted by Crippen LogP contribution is -2.37. The fourth-order valence-electron chi connectivity index (χ4n) is 3.03. The van der Waals surface area contributed by atoms with E-state index in [2.05, 4.69) is 10.6 Å². The smallest absolute Gasteiger partial charge is 0.227 e.